The molecule has 158 valence electrons. The van der Waals surface area contributed by atoms with Crippen molar-refractivity contribution in [2.24, 2.45) is 5.10 Å². The maximum absolute atomic E-state index is 12.8. The maximum Gasteiger partial charge on any atom is 0.303 e. The summed E-state index contributed by atoms with van der Waals surface area (Å²) in [5, 5.41) is 14.9. The molecule has 1 amide bonds. The lowest BCUT2D eigenvalue weighted by Gasteiger charge is -2.22. The zero-order chi connectivity index (χ0) is 21.7. The van der Waals surface area contributed by atoms with Crippen LogP contribution in [0.25, 0.3) is 0 Å². The third-order valence-corrected chi connectivity index (χ3v) is 4.94. The lowest BCUT2D eigenvalue weighted by molar-refractivity contribution is -0.141. The molecule has 1 aliphatic rings. The number of carbonyl (C=O) groups excluding carboxylic acids is 1. The topological polar surface area (TPSA) is 97.7 Å². The Morgan fingerprint density at radius 1 is 1.00 bits per heavy atom. The lowest BCUT2D eigenvalue weighted by atomic mass is 9.97. The number of nitrogens with zero attached hydrogens (tertiary/aromatic N) is 2. The second-order valence-electron chi connectivity index (χ2n) is 6.74. The minimum atomic E-state index is -1.03. The molecule has 3 rings (SSSR count). The van der Waals surface area contributed by atoms with Gasteiger partial charge in [-0.1, -0.05) is 12.1 Å². The number of hydrogen-bond donors (Lipinski definition) is 1. The Bertz CT molecular complexity index is 955. The van der Waals surface area contributed by atoms with Gasteiger partial charge in [-0.15, -0.1) is 0 Å². The van der Waals surface area contributed by atoms with Crippen LogP contribution in [0.15, 0.2) is 47.6 Å². The van der Waals surface area contributed by atoms with E-state index >= 15 is 0 Å². The average Bonchev–Trinajstić information content (AvgIpc) is 3.22. The van der Waals surface area contributed by atoms with Crippen molar-refractivity contribution < 1.29 is 28.9 Å². The standard InChI is InChI=1S/C22H24N2O6/c1-28-15-6-4-14(5-7-15)19-13-18(23-24(19)21(25)10-11-22(26)27)17-12-16(29-2)8-9-20(17)30-3/h4-9,12,19H,10-11,13H2,1-3H3,(H,26,27). The smallest absolute Gasteiger partial charge is 0.303 e. The molecule has 0 radical (unpaired) electrons. The van der Waals surface area contributed by atoms with Crippen LogP contribution in [0.4, 0.5) is 0 Å². The van der Waals surface area contributed by atoms with Gasteiger partial charge in [0, 0.05) is 18.4 Å². The maximum atomic E-state index is 12.8. The molecule has 0 spiro atoms. The van der Waals surface area contributed by atoms with E-state index in [4.69, 9.17) is 19.3 Å². The Kier molecular flexibility index (Phi) is 6.56. The van der Waals surface area contributed by atoms with E-state index in [1.165, 1.54) is 5.01 Å². The molecule has 1 atom stereocenters. The first-order valence-electron chi connectivity index (χ1n) is 9.44. The van der Waals surface area contributed by atoms with Crippen LogP contribution in [0.3, 0.4) is 0 Å². The van der Waals surface area contributed by atoms with E-state index in [-0.39, 0.29) is 24.8 Å². The Hall–Kier alpha value is -3.55. The normalized spacial score (nSPS) is 15.5. The number of rotatable bonds is 8. The summed E-state index contributed by atoms with van der Waals surface area (Å²) >= 11 is 0. The number of ether oxygens (including phenoxy) is 3. The molecule has 1 heterocycles. The van der Waals surface area contributed by atoms with Gasteiger partial charge in [-0.2, -0.15) is 5.10 Å². The highest BCUT2D eigenvalue weighted by molar-refractivity contribution is 6.05. The highest BCUT2D eigenvalue weighted by atomic mass is 16.5. The molecule has 0 aromatic heterocycles. The van der Waals surface area contributed by atoms with E-state index in [9.17, 15) is 9.59 Å². The van der Waals surface area contributed by atoms with Gasteiger partial charge in [0.05, 0.1) is 39.5 Å². The first-order valence-corrected chi connectivity index (χ1v) is 9.44. The van der Waals surface area contributed by atoms with E-state index < -0.39 is 5.97 Å². The van der Waals surface area contributed by atoms with Gasteiger partial charge in [-0.3, -0.25) is 9.59 Å². The second-order valence-corrected chi connectivity index (χ2v) is 6.74. The third kappa shape index (κ3) is 4.53. The third-order valence-electron chi connectivity index (χ3n) is 4.94. The molecule has 1 N–H and O–H groups in total. The molecule has 0 bridgehead atoms. The molecule has 0 aliphatic carbocycles. The summed E-state index contributed by atoms with van der Waals surface area (Å²) in [5.41, 5.74) is 2.26. The summed E-state index contributed by atoms with van der Waals surface area (Å²) in [4.78, 5) is 23.7. The van der Waals surface area contributed by atoms with Crippen LogP contribution >= 0.6 is 0 Å². The summed E-state index contributed by atoms with van der Waals surface area (Å²) in [5.74, 6) is 0.585. The molecule has 1 unspecified atom stereocenters. The van der Waals surface area contributed by atoms with Crippen molar-refractivity contribution in [2.75, 3.05) is 21.3 Å². The van der Waals surface area contributed by atoms with Crippen LogP contribution in [0, 0.1) is 0 Å². The summed E-state index contributed by atoms with van der Waals surface area (Å²) in [6, 6.07) is 12.4. The predicted molar refractivity (Wildman–Crippen MR) is 110 cm³/mol. The molecule has 8 nitrogen and oxygen atoms in total. The van der Waals surface area contributed by atoms with E-state index in [1.54, 1.807) is 33.5 Å². The highest BCUT2D eigenvalue weighted by Crippen LogP contribution is 2.37. The van der Waals surface area contributed by atoms with Crippen LogP contribution in [-0.2, 0) is 9.59 Å². The van der Waals surface area contributed by atoms with Gasteiger partial charge in [0.1, 0.15) is 17.2 Å². The summed E-state index contributed by atoms with van der Waals surface area (Å²) < 4.78 is 16.0. The quantitative estimate of drug-likeness (QED) is 0.715. The van der Waals surface area contributed by atoms with Gasteiger partial charge < -0.3 is 19.3 Å². The Labute approximate surface area is 174 Å². The van der Waals surface area contributed by atoms with Gasteiger partial charge >= 0.3 is 5.97 Å². The molecule has 8 heteroatoms. The number of methoxy groups -OCH3 is 3. The summed E-state index contributed by atoms with van der Waals surface area (Å²) in [7, 11) is 4.73. The zero-order valence-electron chi connectivity index (χ0n) is 17.1. The van der Waals surface area contributed by atoms with Crippen molar-refractivity contribution >= 4 is 17.6 Å². The van der Waals surface area contributed by atoms with Crippen LogP contribution in [0.5, 0.6) is 17.2 Å². The number of carboxylic acids is 1. The van der Waals surface area contributed by atoms with E-state index in [0.29, 0.717) is 29.4 Å². The Morgan fingerprint density at radius 3 is 2.27 bits per heavy atom. The zero-order valence-corrected chi connectivity index (χ0v) is 17.1. The minimum Gasteiger partial charge on any atom is -0.497 e. The number of carboxylic acid groups (broad SMARTS) is 1. The van der Waals surface area contributed by atoms with Crippen molar-refractivity contribution in [2.45, 2.75) is 25.3 Å². The van der Waals surface area contributed by atoms with Crippen molar-refractivity contribution in [1.82, 2.24) is 5.01 Å². The van der Waals surface area contributed by atoms with Crippen LogP contribution in [-0.4, -0.2) is 49.0 Å². The van der Waals surface area contributed by atoms with Crippen molar-refractivity contribution in [3.05, 3.63) is 53.6 Å². The molecular formula is C22H24N2O6. The van der Waals surface area contributed by atoms with E-state index in [1.807, 2.05) is 30.3 Å². The molecule has 0 fully saturated rings. The molecule has 0 saturated carbocycles. The molecule has 2 aromatic carbocycles. The largest absolute Gasteiger partial charge is 0.497 e. The van der Waals surface area contributed by atoms with E-state index in [0.717, 1.165) is 11.1 Å². The van der Waals surface area contributed by atoms with Crippen LogP contribution < -0.4 is 14.2 Å². The monoisotopic (exact) mass is 412 g/mol. The Morgan fingerprint density at radius 2 is 1.67 bits per heavy atom. The van der Waals surface area contributed by atoms with E-state index in [2.05, 4.69) is 5.10 Å². The molecular weight excluding hydrogens is 388 g/mol. The fraction of sp³-hybridized carbons (Fsp3) is 0.318. The molecule has 1 aliphatic heterocycles. The Balaban J connectivity index is 1.98. The van der Waals surface area contributed by atoms with Gasteiger partial charge in [-0.25, -0.2) is 5.01 Å². The van der Waals surface area contributed by atoms with Gasteiger partial charge in [0.25, 0.3) is 0 Å². The fourth-order valence-corrected chi connectivity index (χ4v) is 3.36. The van der Waals surface area contributed by atoms with Crippen molar-refractivity contribution in [1.29, 1.82) is 0 Å². The first-order chi connectivity index (χ1) is 14.5. The van der Waals surface area contributed by atoms with Crippen LogP contribution in [0.1, 0.15) is 36.4 Å². The lowest BCUT2D eigenvalue weighted by Crippen LogP contribution is -2.27. The fourth-order valence-electron chi connectivity index (χ4n) is 3.36. The number of amides is 1. The SMILES string of the molecule is COc1ccc(C2CC(c3cc(OC)ccc3OC)=NN2C(=O)CCC(=O)O)cc1. The van der Waals surface area contributed by atoms with Crippen molar-refractivity contribution in [3.8, 4) is 17.2 Å². The van der Waals surface area contributed by atoms with Crippen LogP contribution in [0.2, 0.25) is 0 Å². The van der Waals surface area contributed by atoms with Gasteiger partial charge in [0.2, 0.25) is 5.91 Å². The predicted octanol–water partition coefficient (Wildman–Crippen LogP) is 3.25. The summed E-state index contributed by atoms with van der Waals surface area (Å²) in [6.45, 7) is 0. The molecule has 2 aromatic rings. The van der Waals surface area contributed by atoms with Gasteiger partial charge in [0.15, 0.2) is 0 Å². The number of carbonyl (C=O) groups is 2. The first kappa shape index (κ1) is 21.2. The average molecular weight is 412 g/mol. The number of hydrazone groups is 1. The van der Waals surface area contributed by atoms with Gasteiger partial charge in [-0.05, 0) is 35.9 Å². The second kappa shape index (κ2) is 9.30. The molecule has 30 heavy (non-hydrogen) atoms. The van der Waals surface area contributed by atoms with Crippen molar-refractivity contribution in [3.63, 3.8) is 0 Å². The number of hydrogen-bond acceptors (Lipinski definition) is 6. The molecule has 0 saturated heterocycles. The number of aliphatic carboxylic acids is 1. The summed E-state index contributed by atoms with van der Waals surface area (Å²) in [6.07, 6.45) is 0.0701. The number of benzene rings is 2. The minimum absolute atomic E-state index is 0.131. The highest BCUT2D eigenvalue weighted by Gasteiger charge is 2.34.